The lowest BCUT2D eigenvalue weighted by molar-refractivity contribution is -0.133. The van der Waals surface area contributed by atoms with Gasteiger partial charge in [0.1, 0.15) is 0 Å². The van der Waals surface area contributed by atoms with Gasteiger partial charge in [0.05, 0.1) is 0 Å². The van der Waals surface area contributed by atoms with Crippen LogP contribution in [0.1, 0.15) is 30.7 Å². The van der Waals surface area contributed by atoms with Crippen LogP contribution in [0.4, 0.5) is 0 Å². The molecule has 1 amide bonds. The Kier molecular flexibility index (Phi) is 3.56. The van der Waals surface area contributed by atoms with E-state index in [9.17, 15) is 4.79 Å². The molecule has 1 N–H and O–H groups in total. The van der Waals surface area contributed by atoms with E-state index in [2.05, 4.69) is 29.6 Å². The van der Waals surface area contributed by atoms with Gasteiger partial charge in [0.2, 0.25) is 5.91 Å². The van der Waals surface area contributed by atoms with Crippen LogP contribution in [-0.4, -0.2) is 37.0 Å². The van der Waals surface area contributed by atoms with Gasteiger partial charge in [-0.15, -0.1) is 0 Å². The second-order valence-corrected chi connectivity index (χ2v) is 5.81. The maximum absolute atomic E-state index is 12.5. The highest BCUT2D eigenvalue weighted by Crippen LogP contribution is 2.48. The van der Waals surface area contributed by atoms with Crippen molar-refractivity contribution in [2.24, 2.45) is 5.92 Å². The van der Waals surface area contributed by atoms with E-state index in [1.54, 1.807) is 0 Å². The fourth-order valence-electron chi connectivity index (χ4n) is 3.14. The third-order valence-electron chi connectivity index (χ3n) is 4.50. The highest BCUT2D eigenvalue weighted by Gasteiger charge is 2.45. The average Bonchev–Trinajstić information content (AvgIpc) is 3.28. The molecule has 2 aliphatic rings. The van der Waals surface area contributed by atoms with Gasteiger partial charge in [-0.1, -0.05) is 30.3 Å². The van der Waals surface area contributed by atoms with E-state index >= 15 is 0 Å². The quantitative estimate of drug-likeness (QED) is 0.899. The van der Waals surface area contributed by atoms with Crippen LogP contribution >= 0.6 is 0 Å². The van der Waals surface area contributed by atoms with Gasteiger partial charge in [-0.25, -0.2) is 0 Å². The molecule has 102 valence electrons. The van der Waals surface area contributed by atoms with Crippen molar-refractivity contribution >= 4 is 5.91 Å². The Labute approximate surface area is 115 Å². The molecule has 1 aliphatic heterocycles. The smallest absolute Gasteiger partial charge is 0.226 e. The first-order chi connectivity index (χ1) is 9.27. The second-order valence-electron chi connectivity index (χ2n) is 5.81. The van der Waals surface area contributed by atoms with Crippen molar-refractivity contribution in [2.45, 2.75) is 31.2 Å². The largest absolute Gasteiger partial charge is 0.341 e. The number of nitrogens with one attached hydrogen (secondary N) is 1. The highest BCUT2D eigenvalue weighted by atomic mass is 16.2. The van der Waals surface area contributed by atoms with Crippen LogP contribution in [0.5, 0.6) is 0 Å². The second kappa shape index (κ2) is 5.33. The summed E-state index contributed by atoms with van der Waals surface area (Å²) in [7, 11) is 1.97. The zero-order valence-corrected chi connectivity index (χ0v) is 11.5. The Balaban J connectivity index is 1.60. The van der Waals surface area contributed by atoms with Crippen molar-refractivity contribution in [1.29, 1.82) is 0 Å². The summed E-state index contributed by atoms with van der Waals surface area (Å²) in [5.74, 6) is 1.00. The molecule has 1 heterocycles. The normalized spacial score (nSPS) is 29.8. The first-order valence-corrected chi connectivity index (χ1v) is 7.29. The number of piperidine rings is 1. The number of benzene rings is 1. The molecule has 19 heavy (non-hydrogen) atoms. The molecule has 0 spiro atoms. The Hall–Kier alpha value is -1.35. The van der Waals surface area contributed by atoms with Crippen LogP contribution in [0.2, 0.25) is 0 Å². The van der Waals surface area contributed by atoms with Crippen LogP contribution in [0, 0.1) is 5.92 Å². The van der Waals surface area contributed by atoms with E-state index in [0.29, 0.717) is 17.9 Å². The number of amides is 1. The molecule has 1 saturated heterocycles. The first kappa shape index (κ1) is 12.7. The van der Waals surface area contributed by atoms with E-state index in [0.717, 1.165) is 25.9 Å². The predicted octanol–water partition coefficient (Wildman–Crippen LogP) is 2.00. The molecule has 3 nitrogen and oxygen atoms in total. The molecule has 1 aliphatic carbocycles. The van der Waals surface area contributed by atoms with Crippen LogP contribution in [-0.2, 0) is 4.79 Å². The predicted molar refractivity (Wildman–Crippen MR) is 76.0 cm³/mol. The minimum Gasteiger partial charge on any atom is -0.341 e. The number of likely N-dealkylation sites (N-methyl/N-ethyl adjacent to an activating group) is 1. The lowest BCUT2D eigenvalue weighted by atomic mass is 10.0. The molecule has 3 rings (SSSR count). The zero-order valence-electron chi connectivity index (χ0n) is 11.5. The molecule has 0 unspecified atom stereocenters. The third kappa shape index (κ3) is 2.66. The summed E-state index contributed by atoms with van der Waals surface area (Å²) in [6.45, 7) is 2.04. The molecule has 0 radical (unpaired) electrons. The van der Waals surface area contributed by atoms with Gasteiger partial charge in [-0.3, -0.25) is 4.79 Å². The number of hydrogen-bond donors (Lipinski definition) is 1. The molecule has 1 aromatic carbocycles. The molecule has 0 aromatic heterocycles. The summed E-state index contributed by atoms with van der Waals surface area (Å²) in [6.07, 6.45) is 3.33. The topological polar surface area (TPSA) is 32.3 Å². The zero-order chi connectivity index (χ0) is 13.2. The Bertz CT molecular complexity index is 439. The van der Waals surface area contributed by atoms with Gasteiger partial charge in [-0.2, -0.15) is 0 Å². The van der Waals surface area contributed by atoms with Gasteiger partial charge < -0.3 is 10.2 Å². The van der Waals surface area contributed by atoms with E-state index in [1.807, 2.05) is 18.0 Å². The average molecular weight is 258 g/mol. The van der Waals surface area contributed by atoms with E-state index in [4.69, 9.17) is 0 Å². The van der Waals surface area contributed by atoms with Crippen LogP contribution in [0.15, 0.2) is 30.3 Å². The number of hydrogen-bond acceptors (Lipinski definition) is 2. The molecular weight excluding hydrogens is 236 g/mol. The maximum atomic E-state index is 12.5. The number of carbonyl (C=O) groups is 1. The van der Waals surface area contributed by atoms with Gasteiger partial charge in [0, 0.05) is 25.6 Å². The SMILES string of the molecule is CN(C(=O)[C@@H]1C[C@@H]1c1ccccc1)[C@@H]1CCCNC1. The lowest BCUT2D eigenvalue weighted by Crippen LogP contribution is -2.47. The van der Waals surface area contributed by atoms with E-state index in [1.165, 1.54) is 12.0 Å². The summed E-state index contributed by atoms with van der Waals surface area (Å²) in [5.41, 5.74) is 1.32. The third-order valence-corrected chi connectivity index (χ3v) is 4.50. The monoisotopic (exact) mass is 258 g/mol. The highest BCUT2D eigenvalue weighted by molar-refractivity contribution is 5.83. The summed E-state index contributed by atoms with van der Waals surface area (Å²) >= 11 is 0. The molecule has 3 atom stereocenters. The van der Waals surface area contributed by atoms with Crippen molar-refractivity contribution < 1.29 is 4.79 Å². The van der Waals surface area contributed by atoms with Gasteiger partial charge >= 0.3 is 0 Å². The fourth-order valence-corrected chi connectivity index (χ4v) is 3.14. The van der Waals surface area contributed by atoms with Crippen molar-refractivity contribution in [2.75, 3.05) is 20.1 Å². The van der Waals surface area contributed by atoms with Crippen molar-refractivity contribution in [3.63, 3.8) is 0 Å². The summed E-state index contributed by atoms with van der Waals surface area (Å²) in [4.78, 5) is 14.5. The number of carbonyl (C=O) groups excluding carboxylic acids is 1. The molecule has 1 aromatic rings. The van der Waals surface area contributed by atoms with Gasteiger partial charge in [-0.05, 0) is 37.3 Å². The minimum atomic E-state index is 0.217. The molecule has 0 bridgehead atoms. The van der Waals surface area contributed by atoms with Crippen LogP contribution in [0.25, 0.3) is 0 Å². The Morgan fingerprint density at radius 1 is 1.32 bits per heavy atom. The number of nitrogens with zero attached hydrogens (tertiary/aromatic N) is 1. The minimum absolute atomic E-state index is 0.217. The summed E-state index contributed by atoms with van der Waals surface area (Å²) in [5, 5.41) is 3.38. The lowest BCUT2D eigenvalue weighted by Gasteiger charge is -2.32. The fraction of sp³-hybridized carbons (Fsp3) is 0.562. The van der Waals surface area contributed by atoms with Crippen molar-refractivity contribution in [3.05, 3.63) is 35.9 Å². The summed E-state index contributed by atoms with van der Waals surface area (Å²) < 4.78 is 0. The molecule has 3 heteroatoms. The van der Waals surface area contributed by atoms with E-state index < -0.39 is 0 Å². The van der Waals surface area contributed by atoms with Crippen LogP contribution in [0.3, 0.4) is 0 Å². The van der Waals surface area contributed by atoms with Crippen molar-refractivity contribution in [3.8, 4) is 0 Å². The Morgan fingerprint density at radius 2 is 2.11 bits per heavy atom. The molecule has 1 saturated carbocycles. The molecule has 2 fully saturated rings. The standard InChI is InChI=1S/C16H22N2O/c1-18(13-8-5-9-17-11-13)16(19)15-10-14(15)12-6-3-2-4-7-12/h2-4,6-7,13-15,17H,5,8-11H2,1H3/t13-,14-,15-/m1/s1. The first-order valence-electron chi connectivity index (χ1n) is 7.29. The van der Waals surface area contributed by atoms with Crippen LogP contribution < -0.4 is 5.32 Å². The van der Waals surface area contributed by atoms with Crippen molar-refractivity contribution in [1.82, 2.24) is 10.2 Å². The maximum Gasteiger partial charge on any atom is 0.226 e. The Morgan fingerprint density at radius 3 is 2.79 bits per heavy atom. The van der Waals surface area contributed by atoms with Gasteiger partial charge in [0.25, 0.3) is 0 Å². The molecular formula is C16H22N2O. The van der Waals surface area contributed by atoms with Gasteiger partial charge in [0.15, 0.2) is 0 Å². The van der Waals surface area contributed by atoms with E-state index in [-0.39, 0.29) is 5.92 Å². The summed E-state index contributed by atoms with van der Waals surface area (Å²) in [6, 6.07) is 10.8. The number of rotatable bonds is 3.